The first-order valence-corrected chi connectivity index (χ1v) is 6.25. The van der Waals surface area contributed by atoms with E-state index in [4.69, 9.17) is 11.6 Å². The van der Waals surface area contributed by atoms with Crippen LogP contribution in [0.1, 0.15) is 45.6 Å². The SMILES string of the molecule is CCCc1nc(Cl)c(Br)c(C(C)(C)C)n1. The third-order valence-corrected chi connectivity index (χ3v) is 3.29. The van der Waals surface area contributed by atoms with Gasteiger partial charge in [-0.3, -0.25) is 0 Å². The molecule has 2 nitrogen and oxygen atoms in total. The van der Waals surface area contributed by atoms with Crippen LogP contribution in [0.25, 0.3) is 0 Å². The number of aryl methyl sites for hydroxylation is 1. The molecule has 0 bridgehead atoms. The van der Waals surface area contributed by atoms with Crippen LogP contribution < -0.4 is 0 Å². The van der Waals surface area contributed by atoms with Crippen LogP contribution in [0.4, 0.5) is 0 Å². The van der Waals surface area contributed by atoms with Crippen LogP contribution >= 0.6 is 27.5 Å². The number of hydrogen-bond acceptors (Lipinski definition) is 2. The van der Waals surface area contributed by atoms with Gasteiger partial charge in [-0.15, -0.1) is 0 Å². The molecule has 15 heavy (non-hydrogen) atoms. The van der Waals surface area contributed by atoms with E-state index in [-0.39, 0.29) is 5.41 Å². The van der Waals surface area contributed by atoms with Crippen molar-refractivity contribution in [3.63, 3.8) is 0 Å². The molecule has 0 aliphatic heterocycles. The second kappa shape index (κ2) is 4.79. The normalized spacial score (nSPS) is 11.9. The van der Waals surface area contributed by atoms with Gasteiger partial charge >= 0.3 is 0 Å². The molecule has 1 aromatic heterocycles. The number of nitrogens with zero attached hydrogens (tertiary/aromatic N) is 2. The highest BCUT2D eigenvalue weighted by atomic mass is 79.9. The van der Waals surface area contributed by atoms with Crippen molar-refractivity contribution in [1.82, 2.24) is 9.97 Å². The fourth-order valence-corrected chi connectivity index (χ4v) is 2.25. The molecule has 0 atom stereocenters. The molecule has 1 rings (SSSR count). The molecule has 0 unspecified atom stereocenters. The molecule has 0 fully saturated rings. The zero-order valence-corrected chi connectivity index (χ0v) is 11.9. The average molecular weight is 292 g/mol. The van der Waals surface area contributed by atoms with Crippen molar-refractivity contribution in [2.24, 2.45) is 0 Å². The maximum atomic E-state index is 6.06. The lowest BCUT2D eigenvalue weighted by atomic mass is 9.92. The summed E-state index contributed by atoms with van der Waals surface area (Å²) in [6, 6.07) is 0. The third kappa shape index (κ3) is 3.15. The number of aromatic nitrogens is 2. The summed E-state index contributed by atoms with van der Waals surface area (Å²) in [6.45, 7) is 8.46. The molecule has 0 aliphatic carbocycles. The Balaban J connectivity index is 3.25. The predicted molar refractivity (Wildman–Crippen MR) is 67.4 cm³/mol. The Hall–Kier alpha value is -0.150. The molecule has 0 aromatic carbocycles. The molecule has 0 amide bonds. The fraction of sp³-hybridized carbons (Fsp3) is 0.636. The van der Waals surface area contributed by atoms with Crippen molar-refractivity contribution in [3.05, 3.63) is 21.1 Å². The summed E-state index contributed by atoms with van der Waals surface area (Å²) < 4.78 is 0.816. The van der Waals surface area contributed by atoms with Gasteiger partial charge in [-0.05, 0) is 22.4 Å². The summed E-state index contributed by atoms with van der Waals surface area (Å²) in [6.07, 6.45) is 1.90. The van der Waals surface area contributed by atoms with Gasteiger partial charge in [0.2, 0.25) is 0 Å². The second-order valence-electron chi connectivity index (χ2n) is 4.59. The molecule has 0 saturated carbocycles. The van der Waals surface area contributed by atoms with E-state index in [1.807, 2.05) is 0 Å². The van der Waals surface area contributed by atoms with E-state index < -0.39 is 0 Å². The quantitative estimate of drug-likeness (QED) is 0.765. The maximum Gasteiger partial charge on any atom is 0.147 e. The lowest BCUT2D eigenvalue weighted by Crippen LogP contribution is -2.16. The Bertz CT molecular complexity index is 358. The van der Waals surface area contributed by atoms with E-state index in [0.29, 0.717) is 5.15 Å². The largest absolute Gasteiger partial charge is 0.236 e. The van der Waals surface area contributed by atoms with Gasteiger partial charge in [0.25, 0.3) is 0 Å². The van der Waals surface area contributed by atoms with Crippen LogP contribution in [0.15, 0.2) is 4.47 Å². The van der Waals surface area contributed by atoms with E-state index in [0.717, 1.165) is 28.8 Å². The second-order valence-corrected chi connectivity index (χ2v) is 5.74. The molecule has 0 saturated heterocycles. The van der Waals surface area contributed by atoms with Gasteiger partial charge in [-0.25, -0.2) is 9.97 Å². The van der Waals surface area contributed by atoms with E-state index in [1.54, 1.807) is 0 Å². The summed E-state index contributed by atoms with van der Waals surface area (Å²) in [5, 5.41) is 0.512. The summed E-state index contributed by atoms with van der Waals surface area (Å²) in [4.78, 5) is 8.80. The first kappa shape index (κ1) is 12.9. The molecule has 0 N–H and O–H groups in total. The van der Waals surface area contributed by atoms with Crippen LogP contribution in [0.3, 0.4) is 0 Å². The first-order chi connectivity index (χ1) is 6.86. The zero-order chi connectivity index (χ0) is 11.6. The van der Waals surface area contributed by atoms with Gasteiger partial charge in [0.05, 0.1) is 10.2 Å². The molecule has 0 radical (unpaired) electrons. The third-order valence-electron chi connectivity index (χ3n) is 2.04. The molecule has 4 heteroatoms. The van der Waals surface area contributed by atoms with E-state index >= 15 is 0 Å². The van der Waals surface area contributed by atoms with Crippen molar-refractivity contribution < 1.29 is 0 Å². The van der Waals surface area contributed by atoms with Crippen LogP contribution in [0.5, 0.6) is 0 Å². The Morgan fingerprint density at radius 2 is 1.87 bits per heavy atom. The van der Waals surface area contributed by atoms with Crippen molar-refractivity contribution in [2.75, 3.05) is 0 Å². The smallest absolute Gasteiger partial charge is 0.147 e. The fourth-order valence-electron chi connectivity index (χ4n) is 1.30. The van der Waals surface area contributed by atoms with Gasteiger partial charge in [-0.2, -0.15) is 0 Å². The summed E-state index contributed by atoms with van der Waals surface area (Å²) in [7, 11) is 0. The minimum absolute atomic E-state index is 0.0199. The Labute approximate surface area is 105 Å². The molecular formula is C11H16BrClN2. The highest BCUT2D eigenvalue weighted by Gasteiger charge is 2.22. The van der Waals surface area contributed by atoms with Gasteiger partial charge in [-0.1, -0.05) is 39.3 Å². The zero-order valence-electron chi connectivity index (χ0n) is 9.56. The molecule has 0 aliphatic rings. The Morgan fingerprint density at radius 3 is 2.33 bits per heavy atom. The lowest BCUT2D eigenvalue weighted by molar-refractivity contribution is 0.557. The van der Waals surface area contributed by atoms with Gasteiger partial charge < -0.3 is 0 Å². The molecule has 1 aromatic rings. The summed E-state index contributed by atoms with van der Waals surface area (Å²) >= 11 is 9.51. The Morgan fingerprint density at radius 1 is 1.27 bits per heavy atom. The topological polar surface area (TPSA) is 25.8 Å². The van der Waals surface area contributed by atoms with Crippen LogP contribution in [0, 0.1) is 0 Å². The van der Waals surface area contributed by atoms with Crippen LogP contribution in [-0.4, -0.2) is 9.97 Å². The minimum atomic E-state index is -0.0199. The van der Waals surface area contributed by atoms with Gasteiger partial charge in [0, 0.05) is 11.8 Å². The van der Waals surface area contributed by atoms with E-state index in [9.17, 15) is 0 Å². The van der Waals surface area contributed by atoms with Crippen molar-refractivity contribution in [1.29, 1.82) is 0 Å². The van der Waals surface area contributed by atoms with Crippen LogP contribution in [0.2, 0.25) is 5.15 Å². The lowest BCUT2D eigenvalue weighted by Gasteiger charge is -2.20. The summed E-state index contributed by atoms with van der Waals surface area (Å²) in [5.41, 5.74) is 0.958. The molecule has 0 spiro atoms. The summed E-state index contributed by atoms with van der Waals surface area (Å²) in [5.74, 6) is 0.829. The Kier molecular flexibility index (Phi) is 4.13. The molecule has 1 heterocycles. The highest BCUT2D eigenvalue weighted by molar-refractivity contribution is 9.10. The number of halogens is 2. The van der Waals surface area contributed by atoms with E-state index in [1.165, 1.54) is 0 Å². The van der Waals surface area contributed by atoms with Crippen molar-refractivity contribution in [3.8, 4) is 0 Å². The standard InChI is InChI=1S/C11H16BrClN2/c1-5-6-7-14-9(11(2,3)4)8(12)10(13)15-7/h5-6H2,1-4H3. The minimum Gasteiger partial charge on any atom is -0.236 e. The van der Waals surface area contributed by atoms with Gasteiger partial charge in [0.15, 0.2) is 0 Å². The highest BCUT2D eigenvalue weighted by Crippen LogP contribution is 2.32. The number of rotatable bonds is 2. The first-order valence-electron chi connectivity index (χ1n) is 5.08. The average Bonchev–Trinajstić information content (AvgIpc) is 2.09. The van der Waals surface area contributed by atoms with E-state index in [2.05, 4.69) is 53.6 Å². The molecule has 84 valence electrons. The number of hydrogen-bond donors (Lipinski definition) is 0. The maximum absolute atomic E-state index is 6.06. The van der Waals surface area contributed by atoms with Crippen molar-refractivity contribution in [2.45, 2.75) is 46.0 Å². The van der Waals surface area contributed by atoms with Crippen molar-refractivity contribution >= 4 is 27.5 Å². The molecular weight excluding hydrogens is 275 g/mol. The van der Waals surface area contributed by atoms with Gasteiger partial charge in [0.1, 0.15) is 11.0 Å². The van der Waals surface area contributed by atoms with Crippen LogP contribution in [-0.2, 0) is 11.8 Å². The monoisotopic (exact) mass is 290 g/mol. The predicted octanol–water partition coefficient (Wildman–Crippen LogP) is 4.14.